The van der Waals surface area contributed by atoms with Gasteiger partial charge in [-0.05, 0) is 50.3 Å². The number of rotatable bonds is 26. The molecule has 0 saturated carbocycles. The molecule has 0 aliphatic rings. The van der Waals surface area contributed by atoms with E-state index in [-0.39, 0.29) is 19.1 Å². The Labute approximate surface area is 230 Å². The van der Waals surface area contributed by atoms with Crippen LogP contribution in [0.15, 0.2) is 0 Å². The molecule has 14 heteroatoms. The predicted molar refractivity (Wildman–Crippen MR) is 159 cm³/mol. The quantitative estimate of drug-likeness (QED) is 0.0468. The zero-order valence-corrected chi connectivity index (χ0v) is 25.8. The Morgan fingerprint density at radius 1 is 0.917 bits per heavy atom. The molecular weight excluding hydrogens is 564 g/mol. The Balaban J connectivity index is 3.53. The van der Waals surface area contributed by atoms with Crippen LogP contribution in [-0.4, -0.2) is 83.5 Å². The lowest BCUT2D eigenvalue weighted by Gasteiger charge is -2.20. The second-order valence-corrected chi connectivity index (χ2v) is 16.6. The van der Waals surface area contributed by atoms with E-state index in [4.69, 9.17) is 30.5 Å². The lowest BCUT2D eigenvalue weighted by Crippen LogP contribution is -2.22. The van der Waals surface area contributed by atoms with Gasteiger partial charge in [-0.15, -0.1) is 0 Å². The molecule has 0 fully saturated rings. The van der Waals surface area contributed by atoms with E-state index in [2.05, 4.69) is 11.6 Å². The molecule has 0 aliphatic carbocycles. The van der Waals surface area contributed by atoms with E-state index in [1.807, 2.05) is 21.6 Å². The number of hydrogen-bond acceptors (Lipinski definition) is 9. The number of nitrogens with one attached hydrogen (secondary N) is 1. The molecule has 0 aromatic heterocycles. The van der Waals surface area contributed by atoms with E-state index >= 15 is 0 Å². The molecule has 1 amide bonds. The average molecular weight is 612 g/mol. The van der Waals surface area contributed by atoms with Crippen LogP contribution in [0.2, 0.25) is 0 Å². The van der Waals surface area contributed by atoms with Crippen molar-refractivity contribution in [3.63, 3.8) is 0 Å². The highest BCUT2D eigenvalue weighted by atomic mass is 33.1. The molecule has 3 atom stereocenters. The number of unbranched alkanes of at least 4 members (excludes halogenated alkanes) is 7. The van der Waals surface area contributed by atoms with Crippen LogP contribution in [0.3, 0.4) is 0 Å². The number of carboxylic acid groups (broad SMARTS) is 1. The molecule has 9 nitrogen and oxygen atoms in total. The maximum atomic E-state index is 10.4. The Morgan fingerprint density at radius 3 is 2.00 bits per heavy atom. The SMILES string of the molecule is C=P(C)(O)OCCCCCCSSCCCCCCOP(O)(=S)OCC(CO)CCCCNC(=O)O. The van der Waals surface area contributed by atoms with Crippen LogP contribution in [-0.2, 0) is 25.4 Å². The van der Waals surface area contributed by atoms with Gasteiger partial charge in [-0.25, -0.2) is 4.79 Å². The molecular formula is C22H47NO8P2S3. The van der Waals surface area contributed by atoms with Gasteiger partial charge in [0.2, 0.25) is 0 Å². The van der Waals surface area contributed by atoms with Gasteiger partial charge in [0.15, 0.2) is 0 Å². The highest BCUT2D eigenvalue weighted by Gasteiger charge is 2.18. The van der Waals surface area contributed by atoms with Gasteiger partial charge in [0.05, 0.1) is 19.8 Å². The Kier molecular flexibility index (Phi) is 24.0. The van der Waals surface area contributed by atoms with E-state index < -0.39 is 20.2 Å². The second kappa shape index (κ2) is 23.6. The zero-order chi connectivity index (χ0) is 27.1. The molecule has 0 aromatic rings. The van der Waals surface area contributed by atoms with Crippen molar-refractivity contribution >= 4 is 59.8 Å². The van der Waals surface area contributed by atoms with Crippen molar-refractivity contribution in [1.29, 1.82) is 0 Å². The number of hydrogen-bond donors (Lipinski definition) is 5. The van der Waals surface area contributed by atoms with Gasteiger partial charge in [0.25, 0.3) is 0 Å². The third-order valence-electron chi connectivity index (χ3n) is 5.00. The molecule has 0 rings (SSSR count). The largest absolute Gasteiger partial charge is 0.465 e. The summed E-state index contributed by atoms with van der Waals surface area (Å²) in [5.74, 6) is 2.11. The first-order chi connectivity index (χ1) is 17.1. The minimum absolute atomic E-state index is 0.0868. The molecule has 3 unspecified atom stereocenters. The van der Waals surface area contributed by atoms with Crippen molar-refractivity contribution in [3.8, 4) is 0 Å². The molecule has 0 bridgehead atoms. The van der Waals surface area contributed by atoms with Crippen LogP contribution in [0.4, 0.5) is 4.79 Å². The summed E-state index contributed by atoms with van der Waals surface area (Å²) < 4.78 is 16.1. The highest BCUT2D eigenvalue weighted by Crippen LogP contribution is 2.44. The lowest BCUT2D eigenvalue weighted by molar-refractivity contribution is 0.127. The molecule has 0 saturated heterocycles. The molecule has 0 spiro atoms. The van der Waals surface area contributed by atoms with E-state index in [9.17, 15) is 19.7 Å². The minimum Gasteiger partial charge on any atom is -0.465 e. The standard InChI is InChI=1S/C22H47NO8P2S3/c1-32(2,27)29-15-9-3-5-11-17-35-36-18-12-6-4-10-16-30-33(28,34)31-20-21(19-24)13-7-8-14-23-22(25)26/h21,23-24,27H,1,3-20H2,2H3,(H,25,26)(H,28,34). The summed E-state index contributed by atoms with van der Waals surface area (Å²) in [6.45, 7) is -0.287. The molecule has 5 N–H and O–H groups in total. The van der Waals surface area contributed by atoms with Crippen LogP contribution < -0.4 is 5.32 Å². The first-order valence-corrected chi connectivity index (χ1v) is 19.9. The van der Waals surface area contributed by atoms with Crippen LogP contribution in [0.5, 0.6) is 0 Å². The smallest absolute Gasteiger partial charge is 0.404 e. The second-order valence-electron chi connectivity index (χ2n) is 8.73. The van der Waals surface area contributed by atoms with Crippen LogP contribution in [0.1, 0.15) is 70.6 Å². The lowest BCUT2D eigenvalue weighted by atomic mass is 10.0. The number of amides is 1. The summed E-state index contributed by atoms with van der Waals surface area (Å²) >= 11 is 5.05. The summed E-state index contributed by atoms with van der Waals surface area (Å²) in [5, 5.41) is 20.3. The molecule has 0 heterocycles. The first kappa shape index (κ1) is 36.7. The fourth-order valence-electron chi connectivity index (χ4n) is 3.01. The Morgan fingerprint density at radius 2 is 1.47 bits per heavy atom. The fraction of sp³-hybridized carbons (Fsp3) is 0.909. The topological polar surface area (TPSA) is 138 Å². The van der Waals surface area contributed by atoms with Gasteiger partial charge in [-0.2, -0.15) is 0 Å². The average Bonchev–Trinajstić information content (AvgIpc) is 2.79. The van der Waals surface area contributed by atoms with Gasteiger partial charge < -0.3 is 38.9 Å². The van der Waals surface area contributed by atoms with Crippen molar-refractivity contribution in [2.24, 2.45) is 5.92 Å². The number of aliphatic hydroxyl groups is 1. The molecule has 216 valence electrons. The van der Waals surface area contributed by atoms with Crippen molar-refractivity contribution in [1.82, 2.24) is 5.32 Å². The Bertz CT molecular complexity index is 642. The van der Waals surface area contributed by atoms with Gasteiger partial charge in [0, 0.05) is 37.2 Å². The van der Waals surface area contributed by atoms with Crippen LogP contribution in [0, 0.1) is 5.92 Å². The van der Waals surface area contributed by atoms with Crippen molar-refractivity contribution in [3.05, 3.63) is 0 Å². The van der Waals surface area contributed by atoms with Crippen molar-refractivity contribution < 1.29 is 38.4 Å². The predicted octanol–water partition coefficient (Wildman–Crippen LogP) is 5.70. The summed E-state index contributed by atoms with van der Waals surface area (Å²) in [7, 11) is 1.51. The van der Waals surface area contributed by atoms with E-state index in [0.717, 1.165) is 56.5 Å². The van der Waals surface area contributed by atoms with Crippen molar-refractivity contribution in [2.45, 2.75) is 70.6 Å². The van der Waals surface area contributed by atoms with Gasteiger partial charge in [-0.3, -0.25) is 0 Å². The third-order valence-corrected chi connectivity index (χ3v) is 9.93. The minimum atomic E-state index is -3.31. The number of carbonyl (C=O) groups is 1. The third kappa shape index (κ3) is 27.7. The maximum Gasteiger partial charge on any atom is 0.404 e. The first-order valence-electron chi connectivity index (χ1n) is 12.6. The number of aliphatic hydroxyl groups excluding tert-OH is 1. The maximum absolute atomic E-state index is 10.4. The van der Waals surface area contributed by atoms with E-state index in [1.165, 1.54) is 12.8 Å². The van der Waals surface area contributed by atoms with Crippen LogP contribution >= 0.6 is 35.6 Å². The van der Waals surface area contributed by atoms with Gasteiger partial charge in [0.1, 0.15) is 7.34 Å². The summed E-state index contributed by atoms with van der Waals surface area (Å²) in [6.07, 6.45) is 13.2. The summed E-state index contributed by atoms with van der Waals surface area (Å²) in [5.41, 5.74) is 0. The molecule has 0 aliphatic heterocycles. The van der Waals surface area contributed by atoms with Crippen LogP contribution in [0.25, 0.3) is 0 Å². The van der Waals surface area contributed by atoms with Gasteiger partial charge in [-0.1, -0.05) is 60.0 Å². The molecule has 36 heavy (non-hydrogen) atoms. The Hall–Kier alpha value is 0.680. The van der Waals surface area contributed by atoms with E-state index in [0.29, 0.717) is 32.6 Å². The monoisotopic (exact) mass is 611 g/mol. The van der Waals surface area contributed by atoms with Crippen molar-refractivity contribution in [2.75, 3.05) is 51.1 Å². The highest BCUT2D eigenvalue weighted by molar-refractivity contribution is 8.76. The van der Waals surface area contributed by atoms with E-state index in [1.54, 1.807) is 6.66 Å². The normalized spacial score (nSPS) is 15.8. The summed E-state index contributed by atoms with van der Waals surface area (Å²) in [4.78, 5) is 30.0. The molecule has 0 radical (unpaired) electrons. The summed E-state index contributed by atoms with van der Waals surface area (Å²) in [6, 6.07) is 0. The van der Waals surface area contributed by atoms with Gasteiger partial charge >= 0.3 is 12.8 Å². The fourth-order valence-corrected chi connectivity index (χ4v) is 7.07. The molecule has 0 aromatic carbocycles. The zero-order valence-electron chi connectivity index (χ0n) is 21.6.